The van der Waals surface area contributed by atoms with Gasteiger partial charge in [-0.3, -0.25) is 4.79 Å². The molecule has 18 heavy (non-hydrogen) atoms. The van der Waals surface area contributed by atoms with Crippen LogP contribution in [0.2, 0.25) is 0 Å². The van der Waals surface area contributed by atoms with Gasteiger partial charge < -0.3 is 5.32 Å². The van der Waals surface area contributed by atoms with Gasteiger partial charge in [0.05, 0.1) is 0 Å². The minimum absolute atomic E-state index is 0.00384. The fourth-order valence-electron chi connectivity index (χ4n) is 2.45. The average Bonchev–Trinajstić information content (AvgIpc) is 2.46. The van der Waals surface area contributed by atoms with E-state index in [1.54, 1.807) is 24.3 Å². The van der Waals surface area contributed by atoms with Crippen molar-refractivity contribution >= 4 is 5.91 Å². The molecule has 1 saturated carbocycles. The molecule has 0 atom stereocenters. The van der Waals surface area contributed by atoms with E-state index in [0.29, 0.717) is 11.5 Å². The van der Waals surface area contributed by atoms with Crippen LogP contribution in [0.4, 0.5) is 0 Å². The van der Waals surface area contributed by atoms with Crippen LogP contribution in [0.15, 0.2) is 24.3 Å². The predicted molar refractivity (Wildman–Crippen MR) is 73.3 cm³/mol. The summed E-state index contributed by atoms with van der Waals surface area (Å²) >= 11 is 0. The summed E-state index contributed by atoms with van der Waals surface area (Å²) in [6.07, 6.45) is 11.7. The third kappa shape index (κ3) is 3.37. The molecule has 2 rings (SSSR count). The monoisotopic (exact) mass is 241 g/mol. The lowest BCUT2D eigenvalue weighted by Crippen LogP contribution is -2.30. The van der Waals surface area contributed by atoms with Gasteiger partial charge in [-0.05, 0) is 43.0 Å². The van der Waals surface area contributed by atoms with Crippen LogP contribution in [0.25, 0.3) is 0 Å². The van der Waals surface area contributed by atoms with E-state index in [0.717, 1.165) is 12.1 Å². The highest BCUT2D eigenvalue weighted by atomic mass is 16.1. The number of carbonyl (C=O) groups excluding carboxylic acids is 1. The van der Waals surface area contributed by atoms with Crippen molar-refractivity contribution in [1.29, 1.82) is 0 Å². The van der Waals surface area contributed by atoms with Gasteiger partial charge in [0.2, 0.25) is 0 Å². The molecule has 0 bridgehead atoms. The minimum Gasteiger partial charge on any atom is -0.352 e. The predicted octanol–water partition coefficient (Wildman–Crippen LogP) is 2.98. The lowest BCUT2D eigenvalue weighted by atomic mass is 9.89. The second kappa shape index (κ2) is 6.26. The summed E-state index contributed by atoms with van der Waals surface area (Å²) in [6.45, 7) is 0.801. The molecule has 0 aliphatic heterocycles. The van der Waals surface area contributed by atoms with Crippen molar-refractivity contribution in [3.63, 3.8) is 0 Å². The molecule has 1 aliphatic carbocycles. The molecule has 0 unspecified atom stereocenters. The molecule has 1 amide bonds. The van der Waals surface area contributed by atoms with Crippen LogP contribution in [0, 0.1) is 18.3 Å². The standard InChI is InChI=1S/C16H19NO/c1-2-13-8-10-15(11-9-13)16(18)17-12-14-6-4-3-5-7-14/h1,8-11,14H,3-7,12H2,(H,17,18). The Balaban J connectivity index is 1.85. The summed E-state index contributed by atoms with van der Waals surface area (Å²) in [5, 5.41) is 3.02. The summed E-state index contributed by atoms with van der Waals surface area (Å²) < 4.78 is 0. The lowest BCUT2D eigenvalue weighted by molar-refractivity contribution is 0.0943. The van der Waals surface area contributed by atoms with Crippen molar-refractivity contribution < 1.29 is 4.79 Å². The van der Waals surface area contributed by atoms with Crippen molar-refractivity contribution in [2.75, 3.05) is 6.54 Å². The Morgan fingerprint density at radius 3 is 2.50 bits per heavy atom. The third-order valence-electron chi connectivity index (χ3n) is 3.59. The lowest BCUT2D eigenvalue weighted by Gasteiger charge is -2.21. The summed E-state index contributed by atoms with van der Waals surface area (Å²) in [5.74, 6) is 3.21. The van der Waals surface area contributed by atoms with Crippen molar-refractivity contribution in [2.24, 2.45) is 5.92 Å². The van der Waals surface area contributed by atoms with Gasteiger partial charge in [0.15, 0.2) is 0 Å². The molecule has 1 N–H and O–H groups in total. The quantitative estimate of drug-likeness (QED) is 0.810. The number of hydrogen-bond acceptors (Lipinski definition) is 1. The van der Waals surface area contributed by atoms with Crippen molar-refractivity contribution in [3.8, 4) is 12.3 Å². The summed E-state index contributed by atoms with van der Waals surface area (Å²) in [7, 11) is 0. The summed E-state index contributed by atoms with van der Waals surface area (Å²) in [5.41, 5.74) is 1.49. The van der Waals surface area contributed by atoms with Gasteiger partial charge in [-0.15, -0.1) is 6.42 Å². The minimum atomic E-state index is 0.00384. The van der Waals surface area contributed by atoms with E-state index in [4.69, 9.17) is 6.42 Å². The zero-order valence-corrected chi connectivity index (χ0v) is 10.6. The Kier molecular flexibility index (Phi) is 4.41. The van der Waals surface area contributed by atoms with Crippen LogP contribution in [-0.2, 0) is 0 Å². The smallest absolute Gasteiger partial charge is 0.251 e. The molecule has 1 aromatic rings. The topological polar surface area (TPSA) is 29.1 Å². The van der Waals surface area contributed by atoms with Gasteiger partial charge in [0.25, 0.3) is 5.91 Å². The van der Waals surface area contributed by atoms with E-state index in [2.05, 4.69) is 11.2 Å². The third-order valence-corrected chi connectivity index (χ3v) is 3.59. The van der Waals surface area contributed by atoms with Crippen LogP contribution >= 0.6 is 0 Å². The normalized spacial score (nSPS) is 15.9. The fourth-order valence-corrected chi connectivity index (χ4v) is 2.45. The molecule has 1 fully saturated rings. The zero-order valence-electron chi connectivity index (χ0n) is 10.6. The largest absolute Gasteiger partial charge is 0.352 e. The number of hydrogen-bond donors (Lipinski definition) is 1. The Morgan fingerprint density at radius 2 is 1.89 bits per heavy atom. The van der Waals surface area contributed by atoms with E-state index >= 15 is 0 Å². The molecule has 1 aromatic carbocycles. The Bertz CT molecular complexity index is 435. The second-order valence-corrected chi connectivity index (χ2v) is 4.94. The second-order valence-electron chi connectivity index (χ2n) is 4.94. The molecule has 94 valence electrons. The first-order chi connectivity index (χ1) is 8.79. The van der Waals surface area contributed by atoms with Gasteiger partial charge >= 0.3 is 0 Å². The molecular weight excluding hydrogens is 222 g/mol. The molecular formula is C16H19NO. The first-order valence-electron chi connectivity index (χ1n) is 6.64. The molecule has 2 heteroatoms. The zero-order chi connectivity index (χ0) is 12.8. The Morgan fingerprint density at radius 1 is 1.22 bits per heavy atom. The highest BCUT2D eigenvalue weighted by Crippen LogP contribution is 2.22. The maximum atomic E-state index is 11.9. The van der Waals surface area contributed by atoms with Crippen molar-refractivity contribution in [1.82, 2.24) is 5.32 Å². The average molecular weight is 241 g/mol. The molecule has 0 radical (unpaired) electrons. The van der Waals surface area contributed by atoms with Gasteiger partial charge in [-0.25, -0.2) is 0 Å². The van der Waals surface area contributed by atoms with Crippen LogP contribution in [-0.4, -0.2) is 12.5 Å². The van der Waals surface area contributed by atoms with Crippen molar-refractivity contribution in [2.45, 2.75) is 32.1 Å². The maximum Gasteiger partial charge on any atom is 0.251 e. The van der Waals surface area contributed by atoms with E-state index < -0.39 is 0 Å². The SMILES string of the molecule is C#Cc1ccc(C(=O)NCC2CCCCC2)cc1. The highest BCUT2D eigenvalue weighted by Gasteiger charge is 2.14. The highest BCUT2D eigenvalue weighted by molar-refractivity contribution is 5.94. The Hall–Kier alpha value is -1.75. The first kappa shape index (κ1) is 12.7. The number of nitrogens with one attached hydrogen (secondary N) is 1. The number of amides is 1. The van der Waals surface area contributed by atoms with E-state index in [9.17, 15) is 4.79 Å². The van der Waals surface area contributed by atoms with Crippen LogP contribution in [0.3, 0.4) is 0 Å². The molecule has 0 heterocycles. The van der Waals surface area contributed by atoms with Crippen LogP contribution < -0.4 is 5.32 Å². The van der Waals surface area contributed by atoms with E-state index in [-0.39, 0.29) is 5.91 Å². The van der Waals surface area contributed by atoms with Crippen LogP contribution in [0.1, 0.15) is 48.0 Å². The van der Waals surface area contributed by atoms with Crippen LogP contribution in [0.5, 0.6) is 0 Å². The van der Waals surface area contributed by atoms with E-state index in [1.807, 2.05) is 0 Å². The molecule has 0 spiro atoms. The first-order valence-corrected chi connectivity index (χ1v) is 6.64. The van der Waals surface area contributed by atoms with Gasteiger partial charge in [0.1, 0.15) is 0 Å². The fraction of sp³-hybridized carbons (Fsp3) is 0.438. The van der Waals surface area contributed by atoms with E-state index in [1.165, 1.54) is 32.1 Å². The van der Waals surface area contributed by atoms with Crippen molar-refractivity contribution in [3.05, 3.63) is 35.4 Å². The number of rotatable bonds is 3. The summed E-state index contributed by atoms with van der Waals surface area (Å²) in [6, 6.07) is 7.17. The number of benzene rings is 1. The molecule has 1 aliphatic rings. The van der Waals surface area contributed by atoms with Gasteiger partial charge in [-0.1, -0.05) is 25.2 Å². The Labute approximate surface area is 109 Å². The maximum absolute atomic E-state index is 11.9. The molecule has 0 aromatic heterocycles. The summed E-state index contributed by atoms with van der Waals surface area (Å²) in [4.78, 5) is 11.9. The number of terminal acetylenes is 1. The molecule has 2 nitrogen and oxygen atoms in total. The number of carbonyl (C=O) groups is 1. The van der Waals surface area contributed by atoms with Gasteiger partial charge in [-0.2, -0.15) is 0 Å². The van der Waals surface area contributed by atoms with Gasteiger partial charge in [0, 0.05) is 17.7 Å². The molecule has 0 saturated heterocycles.